The highest BCUT2D eigenvalue weighted by atomic mass is 35.5. The number of fused-ring (bicyclic) bond motifs is 2. The summed E-state index contributed by atoms with van der Waals surface area (Å²) in [7, 11) is 1.58. The maximum atomic E-state index is 13.7. The molecule has 1 aromatic heterocycles. The van der Waals surface area contributed by atoms with E-state index in [4.69, 9.17) is 21.4 Å². The highest BCUT2D eigenvalue weighted by molar-refractivity contribution is 6.39. The first-order chi connectivity index (χ1) is 19.0. The van der Waals surface area contributed by atoms with Crippen LogP contribution in [0.15, 0.2) is 97.2 Å². The molecule has 1 aliphatic carbocycles. The number of benzene rings is 4. The number of ether oxygens (including phenoxy) is 1. The van der Waals surface area contributed by atoms with Crippen LogP contribution in [0.25, 0.3) is 16.9 Å². The van der Waals surface area contributed by atoms with E-state index in [9.17, 15) is 14.4 Å². The number of anilines is 1. The number of carbonyl (C=O) groups excluding carboxylic acids is 3. The summed E-state index contributed by atoms with van der Waals surface area (Å²) >= 11 is 6.26. The summed E-state index contributed by atoms with van der Waals surface area (Å²) in [6, 6.07) is 26.2. The first kappa shape index (κ1) is 24.3. The van der Waals surface area contributed by atoms with Crippen molar-refractivity contribution in [1.82, 2.24) is 9.78 Å². The van der Waals surface area contributed by atoms with Gasteiger partial charge in [-0.15, -0.1) is 0 Å². The molecule has 0 atom stereocenters. The molecule has 0 fully saturated rings. The molecule has 0 aliphatic heterocycles. The summed E-state index contributed by atoms with van der Waals surface area (Å²) in [5, 5.41) is 7.77. The second-order valence-electron chi connectivity index (χ2n) is 8.90. The Morgan fingerprint density at radius 1 is 0.821 bits per heavy atom. The van der Waals surface area contributed by atoms with Crippen LogP contribution in [0.1, 0.15) is 42.2 Å². The van der Waals surface area contributed by atoms with Crippen molar-refractivity contribution in [1.29, 1.82) is 0 Å². The van der Waals surface area contributed by atoms with Crippen molar-refractivity contribution in [3.05, 3.63) is 130 Å². The van der Waals surface area contributed by atoms with Crippen LogP contribution < -0.4 is 10.1 Å². The van der Waals surface area contributed by atoms with Gasteiger partial charge in [0.25, 0.3) is 5.91 Å². The Balaban J connectivity index is 1.43. The van der Waals surface area contributed by atoms with Crippen molar-refractivity contribution in [3.8, 4) is 22.7 Å². The van der Waals surface area contributed by atoms with Crippen molar-refractivity contribution in [3.63, 3.8) is 0 Å². The van der Waals surface area contributed by atoms with Gasteiger partial charge < -0.3 is 10.1 Å². The van der Waals surface area contributed by atoms with Gasteiger partial charge in [-0.3, -0.25) is 14.4 Å². The fraction of sp³-hybridized carbons (Fsp3) is 0.0323. The first-order valence-corrected chi connectivity index (χ1v) is 12.5. The third-order valence-corrected chi connectivity index (χ3v) is 6.93. The molecule has 0 saturated heterocycles. The van der Waals surface area contributed by atoms with Crippen LogP contribution >= 0.6 is 11.6 Å². The molecule has 0 bridgehead atoms. The molecule has 4 aromatic carbocycles. The van der Waals surface area contributed by atoms with Gasteiger partial charge in [0.05, 0.1) is 40.2 Å². The van der Waals surface area contributed by atoms with Gasteiger partial charge in [0.1, 0.15) is 11.4 Å². The average molecular weight is 534 g/mol. The van der Waals surface area contributed by atoms with E-state index < -0.39 is 5.91 Å². The zero-order chi connectivity index (χ0) is 27.1. The van der Waals surface area contributed by atoms with Crippen LogP contribution in [0.2, 0.25) is 5.02 Å². The van der Waals surface area contributed by atoms with Crippen molar-refractivity contribution in [2.24, 2.45) is 0 Å². The number of methoxy groups -OCH3 is 1. The summed E-state index contributed by atoms with van der Waals surface area (Å²) in [6.07, 6.45) is 1.64. The number of ketones is 2. The predicted molar refractivity (Wildman–Crippen MR) is 148 cm³/mol. The molecule has 1 amide bonds. The number of amides is 1. The zero-order valence-corrected chi connectivity index (χ0v) is 21.4. The second-order valence-corrected chi connectivity index (χ2v) is 9.31. The summed E-state index contributed by atoms with van der Waals surface area (Å²) in [4.78, 5) is 40.5. The first-order valence-electron chi connectivity index (χ1n) is 12.1. The van der Waals surface area contributed by atoms with E-state index >= 15 is 0 Å². The average Bonchev–Trinajstić information content (AvgIpc) is 3.42. The quantitative estimate of drug-likeness (QED) is 0.284. The minimum absolute atomic E-state index is 0.132. The number of hydrogen-bond acceptors (Lipinski definition) is 5. The topological polar surface area (TPSA) is 90.3 Å². The number of nitrogens with one attached hydrogen (secondary N) is 1. The molecule has 0 unspecified atom stereocenters. The molecule has 39 heavy (non-hydrogen) atoms. The highest BCUT2D eigenvalue weighted by Crippen LogP contribution is 2.35. The lowest BCUT2D eigenvalue weighted by Gasteiger charge is -2.21. The Kier molecular flexibility index (Phi) is 6.05. The van der Waals surface area contributed by atoms with E-state index in [0.29, 0.717) is 22.6 Å². The molecular formula is C31H20ClN3O4. The molecule has 6 rings (SSSR count). The molecule has 0 saturated carbocycles. The number of carbonyl (C=O) groups is 3. The van der Waals surface area contributed by atoms with E-state index in [2.05, 4.69) is 5.32 Å². The molecule has 7 nitrogen and oxygen atoms in total. The summed E-state index contributed by atoms with van der Waals surface area (Å²) < 4.78 is 6.89. The number of para-hydroxylation sites is 1. The lowest BCUT2D eigenvalue weighted by atomic mass is 9.83. The third kappa shape index (κ3) is 4.19. The monoisotopic (exact) mass is 533 g/mol. The van der Waals surface area contributed by atoms with Gasteiger partial charge >= 0.3 is 0 Å². The number of halogens is 1. The summed E-state index contributed by atoms with van der Waals surface area (Å²) in [6.45, 7) is 0. The van der Waals surface area contributed by atoms with Gasteiger partial charge in [0.15, 0.2) is 11.6 Å². The largest absolute Gasteiger partial charge is 0.497 e. The summed E-state index contributed by atoms with van der Waals surface area (Å²) in [5.41, 5.74) is 3.15. The van der Waals surface area contributed by atoms with Crippen LogP contribution in [0.5, 0.6) is 5.75 Å². The fourth-order valence-electron chi connectivity index (χ4n) is 4.71. The van der Waals surface area contributed by atoms with Crippen LogP contribution in [0.4, 0.5) is 5.69 Å². The zero-order valence-electron chi connectivity index (χ0n) is 20.6. The fourth-order valence-corrected chi connectivity index (χ4v) is 4.97. The Labute approximate surface area is 228 Å². The number of aromatic nitrogens is 2. The standard InChI is InChI=1S/C31H20ClN3O4/c1-39-20-15-13-18(14-16-20)28-23(17-35(34-28)19-7-3-2-4-8-19)31(38)33-25-12-6-10-22-27(25)30(37)21-9-5-11-24(32)26(21)29(22)36/h2-17H,1H3,(H,33,38). The van der Waals surface area contributed by atoms with E-state index in [0.717, 1.165) is 5.69 Å². The third-order valence-electron chi connectivity index (χ3n) is 6.61. The Hall–Kier alpha value is -5.01. The molecule has 0 spiro atoms. The Morgan fingerprint density at radius 2 is 1.49 bits per heavy atom. The van der Waals surface area contributed by atoms with Crippen molar-refractivity contribution in [2.45, 2.75) is 0 Å². The smallest absolute Gasteiger partial charge is 0.259 e. The van der Waals surface area contributed by atoms with Crippen LogP contribution in [-0.4, -0.2) is 34.4 Å². The lowest BCUT2D eigenvalue weighted by Crippen LogP contribution is -2.24. The molecular weight excluding hydrogens is 514 g/mol. The van der Waals surface area contributed by atoms with Crippen LogP contribution in [0, 0.1) is 0 Å². The molecule has 1 N–H and O–H groups in total. The van der Waals surface area contributed by atoms with Gasteiger partial charge in [0, 0.05) is 22.9 Å². The van der Waals surface area contributed by atoms with Crippen molar-refractivity contribution < 1.29 is 19.1 Å². The Bertz CT molecular complexity index is 1780. The van der Waals surface area contributed by atoms with E-state index in [1.807, 2.05) is 42.5 Å². The molecule has 5 aromatic rings. The second kappa shape index (κ2) is 9.70. The molecule has 8 heteroatoms. The predicted octanol–water partition coefficient (Wildman–Crippen LogP) is 6.23. The normalized spacial score (nSPS) is 12.1. The van der Waals surface area contributed by atoms with Gasteiger partial charge in [-0.1, -0.05) is 54.1 Å². The van der Waals surface area contributed by atoms with Gasteiger partial charge in [-0.05, 0) is 48.5 Å². The summed E-state index contributed by atoms with van der Waals surface area (Å²) in [5.74, 6) is -0.550. The van der Waals surface area contributed by atoms with Crippen LogP contribution in [-0.2, 0) is 0 Å². The van der Waals surface area contributed by atoms with Crippen LogP contribution in [0.3, 0.4) is 0 Å². The SMILES string of the molecule is COc1ccc(-c2nn(-c3ccccc3)cc2C(=O)Nc2cccc3c2C(=O)c2cccc(Cl)c2C3=O)cc1. The highest BCUT2D eigenvalue weighted by Gasteiger charge is 2.34. The maximum Gasteiger partial charge on any atom is 0.259 e. The minimum atomic E-state index is -0.478. The number of rotatable bonds is 5. The van der Waals surface area contributed by atoms with Gasteiger partial charge in [0.2, 0.25) is 0 Å². The maximum absolute atomic E-state index is 13.7. The van der Waals surface area contributed by atoms with Gasteiger partial charge in [-0.25, -0.2) is 4.68 Å². The lowest BCUT2D eigenvalue weighted by molar-refractivity contribution is 0.0978. The Morgan fingerprint density at radius 3 is 2.21 bits per heavy atom. The molecule has 1 heterocycles. The number of hydrogen-bond donors (Lipinski definition) is 1. The molecule has 1 aliphatic rings. The van der Waals surface area contributed by atoms with E-state index in [1.54, 1.807) is 66.5 Å². The minimum Gasteiger partial charge on any atom is -0.497 e. The molecule has 190 valence electrons. The molecule has 0 radical (unpaired) electrons. The van der Waals surface area contributed by atoms with E-state index in [-0.39, 0.29) is 44.5 Å². The van der Waals surface area contributed by atoms with E-state index in [1.165, 1.54) is 0 Å². The number of nitrogens with zero attached hydrogens (tertiary/aromatic N) is 2. The van der Waals surface area contributed by atoms with Crippen molar-refractivity contribution in [2.75, 3.05) is 12.4 Å². The van der Waals surface area contributed by atoms with Crippen molar-refractivity contribution >= 4 is 34.8 Å². The van der Waals surface area contributed by atoms with Gasteiger partial charge in [-0.2, -0.15) is 5.10 Å².